The zero-order chi connectivity index (χ0) is 22.2. The molecule has 9 nitrogen and oxygen atoms in total. The molecule has 2 heterocycles. The summed E-state index contributed by atoms with van der Waals surface area (Å²) >= 11 is 0. The number of ether oxygens (including phenoxy) is 2. The summed E-state index contributed by atoms with van der Waals surface area (Å²) in [5.41, 5.74) is -1.04. The van der Waals surface area contributed by atoms with Crippen molar-refractivity contribution in [2.45, 2.75) is 70.1 Å². The minimum absolute atomic E-state index is 0.198. The van der Waals surface area contributed by atoms with Gasteiger partial charge in [0.1, 0.15) is 25.4 Å². The van der Waals surface area contributed by atoms with Crippen molar-refractivity contribution in [2.75, 3.05) is 13.2 Å². The van der Waals surface area contributed by atoms with E-state index in [4.69, 9.17) is 20.3 Å². The molecule has 162 valence electrons. The lowest BCUT2D eigenvalue weighted by Crippen LogP contribution is -2.56. The van der Waals surface area contributed by atoms with Gasteiger partial charge in [0, 0.05) is 11.8 Å². The Morgan fingerprint density at radius 3 is 2.55 bits per heavy atom. The molecule has 0 amide bonds. The van der Waals surface area contributed by atoms with E-state index in [-0.39, 0.29) is 17.2 Å². The molecular formula is C19H30N2O7Si. The largest absolute Gasteiger partial charge is 0.406 e. The number of terminal acetylenes is 1. The van der Waals surface area contributed by atoms with E-state index in [1.54, 1.807) is 0 Å². The molecule has 0 radical (unpaired) electrons. The fourth-order valence-corrected chi connectivity index (χ4v) is 4.16. The van der Waals surface area contributed by atoms with Crippen molar-refractivity contribution in [3.05, 3.63) is 32.6 Å². The van der Waals surface area contributed by atoms with Crippen molar-refractivity contribution in [2.24, 2.45) is 0 Å². The van der Waals surface area contributed by atoms with Crippen molar-refractivity contribution in [1.29, 1.82) is 0 Å². The molecule has 10 heteroatoms. The Labute approximate surface area is 170 Å². The fourth-order valence-electron chi connectivity index (χ4n) is 2.85. The number of nitrogens with one attached hydrogen (secondary N) is 1. The predicted molar refractivity (Wildman–Crippen MR) is 109 cm³/mol. The second-order valence-corrected chi connectivity index (χ2v) is 13.5. The molecule has 1 aliphatic rings. The van der Waals surface area contributed by atoms with Gasteiger partial charge in [0.05, 0.1) is 0 Å². The first-order chi connectivity index (χ1) is 13.3. The number of aryl methyl sites for hydroxylation is 1. The number of aromatic amines is 1. The van der Waals surface area contributed by atoms with Crippen LogP contribution in [0.25, 0.3) is 0 Å². The third-order valence-corrected chi connectivity index (χ3v) is 10.1. The van der Waals surface area contributed by atoms with Gasteiger partial charge in [0.2, 0.25) is 5.79 Å². The molecule has 0 aliphatic carbocycles. The van der Waals surface area contributed by atoms with E-state index in [0.717, 1.165) is 4.57 Å². The number of hydrogen-bond donors (Lipinski definition) is 3. The Morgan fingerprint density at radius 1 is 1.41 bits per heavy atom. The summed E-state index contributed by atoms with van der Waals surface area (Å²) < 4.78 is 18.9. The number of H-pyrrole nitrogens is 1. The van der Waals surface area contributed by atoms with Gasteiger partial charge in [-0.2, -0.15) is 0 Å². The maximum absolute atomic E-state index is 12.3. The van der Waals surface area contributed by atoms with Gasteiger partial charge in [0.25, 0.3) is 5.56 Å². The van der Waals surface area contributed by atoms with Crippen molar-refractivity contribution in [3.8, 4) is 12.3 Å². The normalized spacial score (nSPS) is 27.8. The molecule has 1 aliphatic heterocycles. The minimum atomic E-state index is -2.45. The molecule has 2 rings (SSSR count). The summed E-state index contributed by atoms with van der Waals surface area (Å²) in [6, 6.07) is 0. The lowest BCUT2D eigenvalue weighted by atomic mass is 10.1. The Bertz CT molecular complexity index is 896. The Balaban J connectivity index is 2.55. The molecular weight excluding hydrogens is 396 g/mol. The van der Waals surface area contributed by atoms with Gasteiger partial charge in [-0.25, -0.2) is 4.79 Å². The average molecular weight is 427 g/mol. The molecule has 0 bridgehead atoms. The maximum atomic E-state index is 12.3. The fraction of sp³-hybridized carbons (Fsp3) is 0.684. The quantitative estimate of drug-likeness (QED) is 0.446. The Kier molecular flexibility index (Phi) is 6.64. The van der Waals surface area contributed by atoms with Gasteiger partial charge < -0.3 is 24.1 Å². The highest BCUT2D eigenvalue weighted by Gasteiger charge is 2.59. The molecule has 1 aromatic rings. The number of aliphatic hydroxyl groups is 2. The van der Waals surface area contributed by atoms with Gasteiger partial charge in [-0.3, -0.25) is 14.3 Å². The predicted octanol–water partition coefficient (Wildman–Crippen LogP) is 0.464. The first-order valence-electron chi connectivity index (χ1n) is 9.33. The number of hydrogen-bond acceptors (Lipinski definition) is 7. The van der Waals surface area contributed by atoms with Crippen LogP contribution < -0.4 is 11.2 Å². The third-order valence-electron chi connectivity index (χ3n) is 5.62. The molecule has 0 spiro atoms. The summed E-state index contributed by atoms with van der Waals surface area (Å²) in [4.78, 5) is 26.2. The van der Waals surface area contributed by atoms with Crippen LogP contribution in [0.4, 0.5) is 0 Å². The summed E-state index contributed by atoms with van der Waals surface area (Å²) in [5.74, 6) is 0.541. The van der Waals surface area contributed by atoms with Crippen LogP contribution in [0.3, 0.4) is 0 Å². The first-order valence-corrected chi connectivity index (χ1v) is 12.2. The van der Waals surface area contributed by atoms with E-state index in [2.05, 4.69) is 10.9 Å². The van der Waals surface area contributed by atoms with E-state index < -0.39 is 50.4 Å². The van der Waals surface area contributed by atoms with Gasteiger partial charge in [-0.1, -0.05) is 26.7 Å². The summed E-state index contributed by atoms with van der Waals surface area (Å²) in [5, 5.41) is 21.0. The second kappa shape index (κ2) is 8.18. The van der Waals surface area contributed by atoms with Crippen LogP contribution in [0, 0.1) is 19.3 Å². The lowest BCUT2D eigenvalue weighted by molar-refractivity contribution is -0.274. The Morgan fingerprint density at radius 2 is 2.03 bits per heavy atom. The maximum Gasteiger partial charge on any atom is 0.330 e. The van der Waals surface area contributed by atoms with Crippen molar-refractivity contribution >= 4 is 8.32 Å². The minimum Gasteiger partial charge on any atom is -0.406 e. The lowest BCUT2D eigenvalue weighted by Gasteiger charge is -2.42. The summed E-state index contributed by atoms with van der Waals surface area (Å²) in [6.07, 6.45) is 2.86. The standard InChI is InChI=1S/C19H30N2O7Si/c1-8-9-26-19(11-22)14(28-29(6,7)18(3,4)5)13(23)16(27-19)21-10-12(2)15(24)20-17(21)25/h1,10,13-14,16,22-23H,9,11H2,2-7H3,(H,20,24,25)/t13-,14+,16-,19-/m1/s1. The molecule has 0 saturated carbocycles. The SMILES string of the molecule is C#CCO[C@]1(CO)O[C@@H](n2cc(C)c(=O)[nH]c2=O)[C@H](O)[C@@H]1O[Si](C)(C)C(C)(C)C. The first kappa shape index (κ1) is 23.5. The topological polar surface area (TPSA) is 123 Å². The van der Waals surface area contributed by atoms with Gasteiger partial charge in [0.15, 0.2) is 14.5 Å². The van der Waals surface area contributed by atoms with E-state index in [1.165, 1.54) is 13.1 Å². The van der Waals surface area contributed by atoms with E-state index in [1.807, 2.05) is 33.9 Å². The van der Waals surface area contributed by atoms with Crippen LogP contribution in [0.15, 0.2) is 15.8 Å². The molecule has 1 saturated heterocycles. The molecule has 4 atom stereocenters. The number of aromatic nitrogens is 2. The molecule has 0 unspecified atom stereocenters. The highest BCUT2D eigenvalue weighted by atomic mass is 28.4. The van der Waals surface area contributed by atoms with Crippen molar-refractivity contribution < 1.29 is 24.1 Å². The van der Waals surface area contributed by atoms with Gasteiger partial charge in [-0.15, -0.1) is 6.42 Å². The van der Waals surface area contributed by atoms with E-state index in [0.29, 0.717) is 0 Å². The number of nitrogens with zero attached hydrogens (tertiary/aromatic N) is 1. The smallest absolute Gasteiger partial charge is 0.330 e. The third kappa shape index (κ3) is 4.40. The van der Waals surface area contributed by atoms with Crippen LogP contribution >= 0.6 is 0 Å². The van der Waals surface area contributed by atoms with Crippen molar-refractivity contribution in [1.82, 2.24) is 9.55 Å². The molecule has 3 N–H and O–H groups in total. The van der Waals surface area contributed by atoms with Crippen molar-refractivity contribution in [3.63, 3.8) is 0 Å². The molecule has 29 heavy (non-hydrogen) atoms. The molecule has 1 aromatic heterocycles. The highest BCUT2D eigenvalue weighted by Crippen LogP contribution is 2.45. The van der Waals surface area contributed by atoms with Crippen LogP contribution in [0.5, 0.6) is 0 Å². The number of aliphatic hydroxyl groups excluding tert-OH is 2. The Hall–Kier alpha value is -1.74. The summed E-state index contributed by atoms with van der Waals surface area (Å²) in [7, 11) is -2.45. The molecule has 0 aromatic carbocycles. The van der Waals surface area contributed by atoms with Gasteiger partial charge in [-0.05, 0) is 25.1 Å². The second-order valence-electron chi connectivity index (χ2n) is 8.74. The molecule has 1 fully saturated rings. The van der Waals surface area contributed by atoms with Gasteiger partial charge >= 0.3 is 5.69 Å². The number of rotatable bonds is 6. The van der Waals surface area contributed by atoms with E-state index in [9.17, 15) is 19.8 Å². The monoisotopic (exact) mass is 426 g/mol. The van der Waals surface area contributed by atoms with E-state index >= 15 is 0 Å². The zero-order valence-corrected chi connectivity index (χ0v) is 18.7. The highest BCUT2D eigenvalue weighted by molar-refractivity contribution is 6.74. The van der Waals surface area contributed by atoms with Crippen LogP contribution in [0.1, 0.15) is 32.6 Å². The van der Waals surface area contributed by atoms with Crippen LogP contribution in [-0.4, -0.2) is 59.3 Å². The summed E-state index contributed by atoms with van der Waals surface area (Å²) in [6.45, 7) is 10.7. The zero-order valence-electron chi connectivity index (χ0n) is 17.7. The average Bonchev–Trinajstić information content (AvgIpc) is 2.88. The van der Waals surface area contributed by atoms with Crippen LogP contribution in [0.2, 0.25) is 18.1 Å². The van der Waals surface area contributed by atoms with Crippen LogP contribution in [-0.2, 0) is 13.9 Å².